The molecule has 2 aliphatic carbocycles. The number of nitrogens with zero attached hydrogens (tertiary/aromatic N) is 2. The lowest BCUT2D eigenvalue weighted by atomic mass is 9.96. The Labute approximate surface area is 122 Å². The number of aromatic nitrogens is 2. The van der Waals surface area contributed by atoms with E-state index in [1.165, 1.54) is 25.7 Å². The maximum absolute atomic E-state index is 5.66. The largest absolute Gasteiger partial charge is 0.358 e. The van der Waals surface area contributed by atoms with E-state index in [9.17, 15) is 0 Å². The van der Waals surface area contributed by atoms with Crippen LogP contribution in [0.1, 0.15) is 25.7 Å². The molecule has 3 atom stereocenters. The smallest absolute Gasteiger partial charge is 0.185 e. The fourth-order valence-electron chi connectivity index (χ4n) is 3.13. The summed E-state index contributed by atoms with van der Waals surface area (Å²) in [4.78, 5) is 0. The van der Waals surface area contributed by atoms with Crippen LogP contribution in [-0.2, 0) is 0 Å². The molecule has 0 aromatic carbocycles. The molecular formula is C12H16ClN5S. The first-order valence-electron chi connectivity index (χ1n) is 6.52. The average molecular weight is 298 g/mol. The van der Waals surface area contributed by atoms with Crippen molar-refractivity contribution in [3.63, 3.8) is 0 Å². The summed E-state index contributed by atoms with van der Waals surface area (Å²) in [6.45, 7) is 0. The van der Waals surface area contributed by atoms with Crippen LogP contribution in [0, 0.1) is 11.8 Å². The molecule has 2 aliphatic rings. The zero-order valence-electron chi connectivity index (χ0n) is 10.4. The molecule has 0 saturated heterocycles. The van der Waals surface area contributed by atoms with Gasteiger partial charge in [0.25, 0.3) is 0 Å². The quantitative estimate of drug-likeness (QED) is 0.587. The van der Waals surface area contributed by atoms with Crippen LogP contribution >= 0.6 is 23.8 Å². The highest BCUT2D eigenvalue weighted by Gasteiger charge is 2.39. The first-order chi connectivity index (χ1) is 9.20. The predicted octanol–water partition coefficient (Wildman–Crippen LogP) is 2.11. The third-order valence-electron chi connectivity index (χ3n) is 3.99. The molecule has 0 radical (unpaired) electrons. The van der Waals surface area contributed by atoms with E-state index >= 15 is 0 Å². The molecule has 2 saturated carbocycles. The summed E-state index contributed by atoms with van der Waals surface area (Å²) in [6, 6.07) is 3.94. The number of anilines is 1. The molecule has 2 fully saturated rings. The summed E-state index contributed by atoms with van der Waals surface area (Å²) in [5.41, 5.74) is 5.83. The highest BCUT2D eigenvalue weighted by atomic mass is 35.5. The van der Waals surface area contributed by atoms with Crippen LogP contribution in [0.5, 0.6) is 0 Å². The number of thiocarbonyl (C=S) groups is 1. The highest BCUT2D eigenvalue weighted by Crippen LogP contribution is 2.44. The van der Waals surface area contributed by atoms with Gasteiger partial charge in [-0.2, -0.15) is 0 Å². The average Bonchev–Trinajstić information content (AvgIpc) is 3.00. The van der Waals surface area contributed by atoms with Crippen molar-refractivity contribution in [1.29, 1.82) is 0 Å². The molecule has 0 spiro atoms. The topological polar surface area (TPSA) is 61.9 Å². The van der Waals surface area contributed by atoms with E-state index in [1.807, 2.05) is 0 Å². The van der Waals surface area contributed by atoms with E-state index in [-0.39, 0.29) is 0 Å². The summed E-state index contributed by atoms with van der Waals surface area (Å²) in [7, 11) is 0. The number of nitrogens with one attached hydrogen (secondary N) is 3. The van der Waals surface area contributed by atoms with Gasteiger partial charge in [0.2, 0.25) is 0 Å². The summed E-state index contributed by atoms with van der Waals surface area (Å²) in [6.07, 6.45) is 5.33. The van der Waals surface area contributed by atoms with Gasteiger partial charge in [0.1, 0.15) is 0 Å². The van der Waals surface area contributed by atoms with Crippen LogP contribution in [0.3, 0.4) is 0 Å². The van der Waals surface area contributed by atoms with Crippen LogP contribution in [0.4, 0.5) is 5.82 Å². The van der Waals surface area contributed by atoms with Gasteiger partial charge in [-0.1, -0.05) is 18.0 Å². The van der Waals surface area contributed by atoms with E-state index in [0.29, 0.717) is 22.1 Å². The third kappa shape index (κ3) is 3.06. The van der Waals surface area contributed by atoms with Gasteiger partial charge in [-0.25, -0.2) is 0 Å². The standard InChI is InChI=1S/C12H16ClN5S/c13-10-3-4-11(16-15-10)17-18-12(19)14-9-6-7-1-2-8(9)5-7/h3-4,7-9H,1-2,5-6H2,(H,16,17)(H2,14,18,19)/t7-,8+,9+/m0/s1. The van der Waals surface area contributed by atoms with Gasteiger partial charge < -0.3 is 5.32 Å². The minimum absolute atomic E-state index is 0.369. The van der Waals surface area contributed by atoms with E-state index in [2.05, 4.69) is 26.4 Å². The van der Waals surface area contributed by atoms with Gasteiger partial charge in [0.15, 0.2) is 16.1 Å². The van der Waals surface area contributed by atoms with Gasteiger partial charge in [0, 0.05) is 6.04 Å². The maximum atomic E-state index is 5.66. The lowest BCUT2D eigenvalue weighted by Crippen LogP contribution is -2.46. The molecule has 3 rings (SSSR count). The number of hydrogen-bond acceptors (Lipinski definition) is 4. The SMILES string of the molecule is S=C(NNc1ccc(Cl)nn1)N[C@@H]1C[C@H]2CC[C@@H]1C2. The second-order valence-electron chi connectivity index (χ2n) is 5.25. The number of fused-ring (bicyclic) bond motifs is 2. The van der Waals surface area contributed by atoms with Crippen molar-refractivity contribution in [1.82, 2.24) is 20.9 Å². The van der Waals surface area contributed by atoms with E-state index in [0.717, 1.165) is 11.8 Å². The van der Waals surface area contributed by atoms with Crippen molar-refractivity contribution < 1.29 is 0 Å². The van der Waals surface area contributed by atoms with Crippen molar-refractivity contribution in [2.24, 2.45) is 11.8 Å². The molecule has 1 heterocycles. The van der Waals surface area contributed by atoms with Crippen LogP contribution in [0.25, 0.3) is 0 Å². The van der Waals surface area contributed by atoms with Crippen molar-refractivity contribution in [3.8, 4) is 0 Å². The maximum Gasteiger partial charge on any atom is 0.185 e. The molecule has 5 nitrogen and oxygen atoms in total. The zero-order valence-corrected chi connectivity index (χ0v) is 12.0. The molecule has 0 aliphatic heterocycles. The summed E-state index contributed by atoms with van der Waals surface area (Å²) >= 11 is 10.9. The molecule has 7 heteroatoms. The fourth-order valence-corrected chi connectivity index (χ4v) is 3.43. The Balaban J connectivity index is 1.45. The lowest BCUT2D eigenvalue weighted by Gasteiger charge is -2.24. The Bertz CT molecular complexity index is 466. The molecule has 3 N–H and O–H groups in total. The molecule has 0 amide bonds. The summed E-state index contributed by atoms with van der Waals surface area (Å²) in [5.74, 6) is 2.28. The highest BCUT2D eigenvalue weighted by molar-refractivity contribution is 7.80. The number of rotatable bonds is 3. The van der Waals surface area contributed by atoms with Crippen LogP contribution in [0.15, 0.2) is 12.1 Å². The third-order valence-corrected chi connectivity index (χ3v) is 4.41. The number of hydrogen-bond donors (Lipinski definition) is 3. The van der Waals surface area contributed by atoms with Gasteiger partial charge in [-0.15, -0.1) is 10.2 Å². The molecule has 2 bridgehead atoms. The first-order valence-corrected chi connectivity index (χ1v) is 7.31. The van der Waals surface area contributed by atoms with Crippen LogP contribution < -0.4 is 16.2 Å². The minimum Gasteiger partial charge on any atom is -0.358 e. The van der Waals surface area contributed by atoms with Gasteiger partial charge in [-0.3, -0.25) is 10.9 Å². The second kappa shape index (κ2) is 5.46. The van der Waals surface area contributed by atoms with Crippen LogP contribution in [-0.4, -0.2) is 21.4 Å². The monoisotopic (exact) mass is 297 g/mol. The Morgan fingerprint density at radius 1 is 1.26 bits per heavy atom. The zero-order chi connectivity index (χ0) is 13.2. The first kappa shape index (κ1) is 12.9. The van der Waals surface area contributed by atoms with Crippen molar-refractivity contribution in [2.45, 2.75) is 31.7 Å². The minimum atomic E-state index is 0.369. The van der Waals surface area contributed by atoms with Crippen molar-refractivity contribution in [2.75, 3.05) is 5.43 Å². The predicted molar refractivity (Wildman–Crippen MR) is 78.8 cm³/mol. The molecule has 1 aromatic heterocycles. The lowest BCUT2D eigenvalue weighted by molar-refractivity contribution is 0.390. The van der Waals surface area contributed by atoms with Crippen molar-refractivity contribution >= 4 is 34.7 Å². The number of halogens is 1. The van der Waals surface area contributed by atoms with Gasteiger partial charge >= 0.3 is 0 Å². The van der Waals surface area contributed by atoms with Crippen LogP contribution in [0.2, 0.25) is 5.15 Å². The Morgan fingerprint density at radius 2 is 2.16 bits per heavy atom. The molecule has 102 valence electrons. The molecule has 1 aromatic rings. The molecule has 0 unspecified atom stereocenters. The fraction of sp³-hybridized carbons (Fsp3) is 0.583. The second-order valence-corrected chi connectivity index (χ2v) is 6.04. The van der Waals surface area contributed by atoms with E-state index in [1.54, 1.807) is 12.1 Å². The summed E-state index contributed by atoms with van der Waals surface area (Å²) in [5, 5.41) is 12.0. The van der Waals surface area contributed by atoms with Crippen molar-refractivity contribution in [3.05, 3.63) is 17.3 Å². The van der Waals surface area contributed by atoms with E-state index < -0.39 is 0 Å². The normalized spacial score (nSPS) is 28.2. The number of hydrazine groups is 1. The molecular weight excluding hydrogens is 282 g/mol. The Morgan fingerprint density at radius 3 is 2.79 bits per heavy atom. The molecule has 19 heavy (non-hydrogen) atoms. The van der Waals surface area contributed by atoms with Gasteiger partial charge in [0.05, 0.1) is 0 Å². The Hall–Kier alpha value is -1.14. The summed E-state index contributed by atoms with van der Waals surface area (Å²) < 4.78 is 0. The Kier molecular flexibility index (Phi) is 3.70. The van der Waals surface area contributed by atoms with Gasteiger partial charge in [-0.05, 0) is 55.4 Å². The van der Waals surface area contributed by atoms with E-state index in [4.69, 9.17) is 23.8 Å².